The van der Waals surface area contributed by atoms with Crippen LogP contribution in [0.5, 0.6) is 0 Å². The standard InChI is InChI=1S/C14H20FN3O2/c1-11(10-18-4-6-20-7-5-18)8-17-14(19)13-3-2-12(15)9-16-13/h2-3,9,11H,4-8,10H2,1H3,(H,17,19). The number of nitrogens with zero attached hydrogens (tertiary/aromatic N) is 2. The Balaban J connectivity index is 1.73. The third-order valence-electron chi connectivity index (χ3n) is 3.24. The third kappa shape index (κ3) is 4.54. The smallest absolute Gasteiger partial charge is 0.269 e. The fourth-order valence-corrected chi connectivity index (χ4v) is 2.16. The maximum absolute atomic E-state index is 12.7. The van der Waals surface area contributed by atoms with Crippen molar-refractivity contribution in [2.24, 2.45) is 5.92 Å². The van der Waals surface area contributed by atoms with Gasteiger partial charge in [-0.25, -0.2) is 9.37 Å². The predicted octanol–water partition coefficient (Wildman–Crippen LogP) is 0.919. The molecule has 0 aromatic carbocycles. The summed E-state index contributed by atoms with van der Waals surface area (Å²) in [6.07, 6.45) is 1.05. The van der Waals surface area contributed by atoms with Gasteiger partial charge < -0.3 is 10.1 Å². The first-order chi connectivity index (χ1) is 9.65. The highest BCUT2D eigenvalue weighted by molar-refractivity contribution is 5.92. The Morgan fingerprint density at radius 2 is 2.25 bits per heavy atom. The summed E-state index contributed by atoms with van der Waals surface area (Å²) in [6.45, 7) is 7.04. The molecule has 1 aliphatic heterocycles. The number of aromatic nitrogens is 1. The molecule has 1 fully saturated rings. The van der Waals surface area contributed by atoms with E-state index in [9.17, 15) is 9.18 Å². The van der Waals surface area contributed by atoms with Crippen LogP contribution in [0.25, 0.3) is 0 Å². The molecule has 1 saturated heterocycles. The molecule has 2 rings (SSSR count). The molecule has 0 radical (unpaired) electrons. The number of amides is 1. The Morgan fingerprint density at radius 1 is 1.50 bits per heavy atom. The average Bonchev–Trinajstić information content (AvgIpc) is 2.46. The second-order valence-electron chi connectivity index (χ2n) is 5.09. The van der Waals surface area contributed by atoms with Gasteiger partial charge in [0.15, 0.2) is 0 Å². The minimum absolute atomic E-state index is 0.241. The van der Waals surface area contributed by atoms with Crippen LogP contribution in [0.15, 0.2) is 18.3 Å². The topological polar surface area (TPSA) is 54.5 Å². The van der Waals surface area contributed by atoms with E-state index in [1.807, 2.05) is 0 Å². The van der Waals surface area contributed by atoms with E-state index in [0.29, 0.717) is 12.5 Å². The Bertz CT molecular complexity index is 433. The Morgan fingerprint density at radius 3 is 2.90 bits per heavy atom. The molecule has 6 heteroatoms. The first-order valence-electron chi connectivity index (χ1n) is 6.85. The van der Waals surface area contributed by atoms with Crippen LogP contribution in [0, 0.1) is 11.7 Å². The van der Waals surface area contributed by atoms with Gasteiger partial charge in [-0.3, -0.25) is 9.69 Å². The molecular formula is C14H20FN3O2. The predicted molar refractivity (Wildman–Crippen MR) is 73.0 cm³/mol. The van der Waals surface area contributed by atoms with E-state index < -0.39 is 5.82 Å². The van der Waals surface area contributed by atoms with Gasteiger partial charge in [0.1, 0.15) is 11.5 Å². The molecule has 1 atom stereocenters. The molecule has 20 heavy (non-hydrogen) atoms. The van der Waals surface area contributed by atoms with Crippen molar-refractivity contribution in [3.05, 3.63) is 29.8 Å². The zero-order chi connectivity index (χ0) is 14.4. The highest BCUT2D eigenvalue weighted by Gasteiger charge is 2.15. The normalized spacial score (nSPS) is 17.7. The van der Waals surface area contributed by atoms with Crippen molar-refractivity contribution in [2.45, 2.75) is 6.92 Å². The fraction of sp³-hybridized carbons (Fsp3) is 0.571. The molecule has 1 amide bonds. The van der Waals surface area contributed by atoms with Crippen molar-refractivity contribution in [3.63, 3.8) is 0 Å². The molecule has 0 bridgehead atoms. The van der Waals surface area contributed by atoms with Crippen molar-refractivity contribution < 1.29 is 13.9 Å². The number of ether oxygens (including phenoxy) is 1. The molecule has 1 N–H and O–H groups in total. The van der Waals surface area contributed by atoms with E-state index in [2.05, 4.69) is 22.1 Å². The number of morpholine rings is 1. The first-order valence-corrected chi connectivity index (χ1v) is 6.85. The van der Waals surface area contributed by atoms with Crippen LogP contribution in [-0.2, 0) is 4.74 Å². The van der Waals surface area contributed by atoms with Crippen LogP contribution in [0.3, 0.4) is 0 Å². The van der Waals surface area contributed by atoms with Crippen molar-refractivity contribution in [1.29, 1.82) is 0 Å². The maximum Gasteiger partial charge on any atom is 0.269 e. The first kappa shape index (κ1) is 14.9. The van der Waals surface area contributed by atoms with E-state index in [-0.39, 0.29) is 11.6 Å². The van der Waals surface area contributed by atoms with Crippen molar-refractivity contribution in [2.75, 3.05) is 39.4 Å². The molecule has 110 valence electrons. The third-order valence-corrected chi connectivity index (χ3v) is 3.24. The lowest BCUT2D eigenvalue weighted by Crippen LogP contribution is -2.41. The summed E-state index contributed by atoms with van der Waals surface area (Å²) in [5.41, 5.74) is 0.241. The number of hydrogen-bond acceptors (Lipinski definition) is 4. The van der Waals surface area contributed by atoms with Crippen molar-refractivity contribution in [1.82, 2.24) is 15.2 Å². The SMILES string of the molecule is CC(CNC(=O)c1ccc(F)cn1)CN1CCOCC1. The van der Waals surface area contributed by atoms with Gasteiger partial charge in [0.05, 0.1) is 19.4 Å². The second-order valence-corrected chi connectivity index (χ2v) is 5.09. The molecule has 1 unspecified atom stereocenters. The fourth-order valence-electron chi connectivity index (χ4n) is 2.16. The summed E-state index contributed by atoms with van der Waals surface area (Å²) in [4.78, 5) is 17.9. The van der Waals surface area contributed by atoms with Crippen molar-refractivity contribution in [3.8, 4) is 0 Å². The molecule has 0 aliphatic carbocycles. The number of rotatable bonds is 5. The van der Waals surface area contributed by atoms with Gasteiger partial charge in [-0.15, -0.1) is 0 Å². The van der Waals surface area contributed by atoms with Crippen LogP contribution in [0.2, 0.25) is 0 Å². The minimum atomic E-state index is -0.442. The van der Waals surface area contributed by atoms with Gasteiger partial charge in [0, 0.05) is 26.2 Å². The summed E-state index contributed by atoms with van der Waals surface area (Å²) < 4.78 is 18.0. The van der Waals surface area contributed by atoms with Crippen LogP contribution < -0.4 is 5.32 Å². The highest BCUT2D eigenvalue weighted by Crippen LogP contribution is 2.03. The monoisotopic (exact) mass is 281 g/mol. The van der Waals surface area contributed by atoms with E-state index in [4.69, 9.17) is 4.74 Å². The van der Waals surface area contributed by atoms with E-state index in [0.717, 1.165) is 39.0 Å². The van der Waals surface area contributed by atoms with Crippen LogP contribution in [-0.4, -0.2) is 55.2 Å². The summed E-state index contributed by atoms with van der Waals surface area (Å²) in [5.74, 6) is -0.362. The summed E-state index contributed by atoms with van der Waals surface area (Å²) >= 11 is 0. The number of pyridine rings is 1. The summed E-state index contributed by atoms with van der Waals surface area (Å²) in [5, 5.41) is 2.83. The van der Waals surface area contributed by atoms with Crippen LogP contribution in [0.4, 0.5) is 4.39 Å². The second kappa shape index (κ2) is 7.31. The Labute approximate surface area is 118 Å². The maximum atomic E-state index is 12.7. The minimum Gasteiger partial charge on any atom is -0.379 e. The van der Waals surface area contributed by atoms with E-state index in [1.165, 1.54) is 12.1 Å². The summed E-state index contributed by atoms with van der Waals surface area (Å²) in [7, 11) is 0. The number of hydrogen-bond donors (Lipinski definition) is 1. The molecule has 1 aromatic heterocycles. The quantitative estimate of drug-likeness (QED) is 0.872. The zero-order valence-corrected chi connectivity index (χ0v) is 11.6. The molecular weight excluding hydrogens is 261 g/mol. The molecule has 5 nitrogen and oxygen atoms in total. The largest absolute Gasteiger partial charge is 0.379 e. The van der Waals surface area contributed by atoms with Crippen molar-refractivity contribution >= 4 is 5.91 Å². The lowest BCUT2D eigenvalue weighted by Gasteiger charge is -2.29. The number of carbonyl (C=O) groups excluding carboxylic acids is 1. The number of halogens is 1. The Kier molecular flexibility index (Phi) is 5.43. The molecule has 1 aromatic rings. The van der Waals surface area contributed by atoms with E-state index in [1.54, 1.807) is 0 Å². The number of nitrogens with one attached hydrogen (secondary N) is 1. The van der Waals surface area contributed by atoms with Crippen LogP contribution in [0.1, 0.15) is 17.4 Å². The van der Waals surface area contributed by atoms with Gasteiger partial charge in [-0.05, 0) is 18.1 Å². The van der Waals surface area contributed by atoms with Gasteiger partial charge in [-0.2, -0.15) is 0 Å². The van der Waals surface area contributed by atoms with Gasteiger partial charge in [0.25, 0.3) is 5.91 Å². The van der Waals surface area contributed by atoms with Crippen LogP contribution >= 0.6 is 0 Å². The average molecular weight is 281 g/mol. The molecule has 0 saturated carbocycles. The lowest BCUT2D eigenvalue weighted by molar-refractivity contribution is 0.0317. The van der Waals surface area contributed by atoms with Gasteiger partial charge >= 0.3 is 0 Å². The highest BCUT2D eigenvalue weighted by atomic mass is 19.1. The summed E-state index contributed by atoms with van der Waals surface area (Å²) in [6, 6.07) is 2.62. The van der Waals surface area contributed by atoms with Gasteiger partial charge in [0.2, 0.25) is 0 Å². The van der Waals surface area contributed by atoms with E-state index >= 15 is 0 Å². The molecule has 1 aliphatic rings. The van der Waals surface area contributed by atoms with Gasteiger partial charge in [-0.1, -0.05) is 6.92 Å². The Hall–Kier alpha value is -1.53. The number of carbonyl (C=O) groups is 1. The lowest BCUT2D eigenvalue weighted by atomic mass is 10.1. The molecule has 2 heterocycles. The molecule has 0 spiro atoms. The zero-order valence-electron chi connectivity index (χ0n) is 11.6.